The van der Waals surface area contributed by atoms with Crippen LogP contribution in [0.4, 0.5) is 0 Å². The fraction of sp³-hybridized carbons (Fsp3) is 0.0667. The minimum Gasteiger partial charge on any atom is -0.478 e. The first kappa shape index (κ1) is 13.4. The molecule has 3 aromatic rings. The van der Waals surface area contributed by atoms with Crippen LogP contribution in [0.25, 0.3) is 22.1 Å². The minimum atomic E-state index is -0.937. The van der Waals surface area contributed by atoms with Crippen molar-refractivity contribution in [2.75, 3.05) is 0 Å². The van der Waals surface area contributed by atoms with Crippen LogP contribution in [0.5, 0.6) is 0 Å². The van der Waals surface area contributed by atoms with Crippen molar-refractivity contribution in [2.45, 2.75) is 6.92 Å². The Labute approximate surface area is 125 Å². The van der Waals surface area contributed by atoms with Crippen LogP contribution in [0.15, 0.2) is 42.0 Å². The van der Waals surface area contributed by atoms with Gasteiger partial charge in [0.2, 0.25) is 0 Å². The number of carbonyl (C=O) groups is 1. The predicted molar refractivity (Wildman–Crippen MR) is 80.3 cm³/mol. The molecule has 0 saturated carbocycles. The van der Waals surface area contributed by atoms with Crippen LogP contribution in [-0.2, 0) is 0 Å². The highest BCUT2D eigenvalue weighted by atomic mass is 32.1. The number of hydrogen-bond acceptors (Lipinski definition) is 5. The smallest absolute Gasteiger partial charge is 0.335 e. The molecule has 1 N–H and O–H groups in total. The number of thiazole rings is 1. The Bertz CT molecular complexity index is 779. The van der Waals surface area contributed by atoms with E-state index in [1.165, 1.54) is 11.3 Å². The SMILES string of the molecule is Cc1cnc(-c2nc(-c3ccc(C(=O)O)cc3)cs2)nc1. The third-order valence-corrected chi connectivity index (χ3v) is 3.74. The molecular weight excluding hydrogens is 286 g/mol. The molecule has 0 bridgehead atoms. The molecule has 0 atom stereocenters. The van der Waals surface area contributed by atoms with Gasteiger partial charge in [-0.3, -0.25) is 0 Å². The fourth-order valence-corrected chi connectivity index (χ4v) is 2.57. The van der Waals surface area contributed by atoms with Gasteiger partial charge in [0.05, 0.1) is 11.3 Å². The van der Waals surface area contributed by atoms with Crippen LogP contribution in [0.1, 0.15) is 15.9 Å². The molecule has 0 spiro atoms. The molecule has 0 aliphatic carbocycles. The molecule has 0 amide bonds. The van der Waals surface area contributed by atoms with Crippen molar-refractivity contribution in [1.29, 1.82) is 0 Å². The van der Waals surface area contributed by atoms with Gasteiger partial charge in [0.15, 0.2) is 10.8 Å². The molecule has 104 valence electrons. The lowest BCUT2D eigenvalue weighted by Gasteiger charge is -1.98. The molecule has 0 aliphatic rings. The van der Waals surface area contributed by atoms with Crippen molar-refractivity contribution in [2.24, 2.45) is 0 Å². The molecule has 21 heavy (non-hydrogen) atoms. The highest BCUT2D eigenvalue weighted by Crippen LogP contribution is 2.26. The minimum absolute atomic E-state index is 0.260. The van der Waals surface area contributed by atoms with Gasteiger partial charge in [-0.15, -0.1) is 11.3 Å². The van der Waals surface area contributed by atoms with Crippen LogP contribution in [0, 0.1) is 6.92 Å². The van der Waals surface area contributed by atoms with Crippen LogP contribution in [0.3, 0.4) is 0 Å². The Morgan fingerprint density at radius 2 is 1.81 bits per heavy atom. The summed E-state index contributed by atoms with van der Waals surface area (Å²) in [6.07, 6.45) is 3.51. The maximum Gasteiger partial charge on any atom is 0.335 e. The number of nitrogens with zero attached hydrogens (tertiary/aromatic N) is 3. The summed E-state index contributed by atoms with van der Waals surface area (Å²) >= 11 is 1.46. The number of benzene rings is 1. The highest BCUT2D eigenvalue weighted by molar-refractivity contribution is 7.13. The van der Waals surface area contributed by atoms with Gasteiger partial charge in [-0.25, -0.2) is 19.7 Å². The standard InChI is InChI=1S/C15H11N3O2S/c1-9-6-16-13(17-7-9)14-18-12(8-21-14)10-2-4-11(5-3-10)15(19)20/h2-8H,1H3,(H,19,20). The predicted octanol–water partition coefficient (Wildman–Crippen LogP) is 3.27. The Hall–Kier alpha value is -2.60. The topological polar surface area (TPSA) is 76.0 Å². The van der Waals surface area contributed by atoms with E-state index in [1.54, 1.807) is 36.7 Å². The number of aryl methyl sites for hydroxylation is 1. The molecule has 0 aliphatic heterocycles. The second kappa shape index (κ2) is 5.41. The van der Waals surface area contributed by atoms with E-state index in [-0.39, 0.29) is 5.56 Å². The van der Waals surface area contributed by atoms with Crippen molar-refractivity contribution in [3.8, 4) is 22.1 Å². The van der Waals surface area contributed by atoms with Crippen LogP contribution >= 0.6 is 11.3 Å². The van der Waals surface area contributed by atoms with E-state index in [0.29, 0.717) is 5.82 Å². The van der Waals surface area contributed by atoms with Crippen LogP contribution in [-0.4, -0.2) is 26.0 Å². The van der Waals surface area contributed by atoms with Gasteiger partial charge < -0.3 is 5.11 Å². The number of aromatic nitrogens is 3. The van der Waals surface area contributed by atoms with E-state index in [2.05, 4.69) is 15.0 Å². The molecular formula is C15H11N3O2S. The van der Waals surface area contributed by atoms with Gasteiger partial charge in [0, 0.05) is 23.3 Å². The molecule has 2 heterocycles. The van der Waals surface area contributed by atoms with Gasteiger partial charge in [0.1, 0.15) is 0 Å². The first-order chi connectivity index (χ1) is 10.1. The molecule has 0 unspecified atom stereocenters. The molecule has 0 radical (unpaired) electrons. The highest BCUT2D eigenvalue weighted by Gasteiger charge is 2.09. The lowest BCUT2D eigenvalue weighted by atomic mass is 10.1. The summed E-state index contributed by atoms with van der Waals surface area (Å²) in [6, 6.07) is 6.63. The molecule has 0 fully saturated rings. The molecule has 5 nitrogen and oxygen atoms in total. The number of hydrogen-bond donors (Lipinski definition) is 1. The van der Waals surface area contributed by atoms with Crippen molar-refractivity contribution in [3.63, 3.8) is 0 Å². The monoisotopic (exact) mass is 297 g/mol. The van der Waals surface area contributed by atoms with Crippen molar-refractivity contribution in [3.05, 3.63) is 53.2 Å². The molecule has 0 saturated heterocycles. The zero-order valence-corrected chi connectivity index (χ0v) is 12.0. The largest absolute Gasteiger partial charge is 0.478 e. The van der Waals surface area contributed by atoms with Gasteiger partial charge in [-0.1, -0.05) is 12.1 Å². The summed E-state index contributed by atoms with van der Waals surface area (Å²) < 4.78 is 0. The first-order valence-corrected chi connectivity index (χ1v) is 7.10. The molecule has 2 aromatic heterocycles. The van der Waals surface area contributed by atoms with E-state index in [0.717, 1.165) is 21.8 Å². The van der Waals surface area contributed by atoms with Gasteiger partial charge in [0.25, 0.3) is 0 Å². The van der Waals surface area contributed by atoms with Crippen molar-refractivity contribution >= 4 is 17.3 Å². The van der Waals surface area contributed by atoms with Crippen molar-refractivity contribution < 1.29 is 9.90 Å². The Morgan fingerprint density at radius 3 is 2.43 bits per heavy atom. The van der Waals surface area contributed by atoms with E-state index < -0.39 is 5.97 Å². The van der Waals surface area contributed by atoms with Gasteiger partial charge >= 0.3 is 5.97 Å². The Kier molecular flexibility index (Phi) is 3.45. The summed E-state index contributed by atoms with van der Waals surface area (Å²) in [4.78, 5) is 23.8. The van der Waals surface area contributed by atoms with E-state index in [1.807, 2.05) is 12.3 Å². The lowest BCUT2D eigenvalue weighted by molar-refractivity contribution is 0.0697. The third kappa shape index (κ3) is 2.80. The lowest BCUT2D eigenvalue weighted by Crippen LogP contribution is -1.95. The third-order valence-electron chi connectivity index (χ3n) is 2.90. The zero-order chi connectivity index (χ0) is 14.8. The number of carboxylic acid groups (broad SMARTS) is 1. The first-order valence-electron chi connectivity index (χ1n) is 6.22. The molecule has 6 heteroatoms. The summed E-state index contributed by atoms with van der Waals surface area (Å²) in [7, 11) is 0. The zero-order valence-electron chi connectivity index (χ0n) is 11.1. The second-order valence-corrected chi connectivity index (χ2v) is 5.36. The number of rotatable bonds is 3. The maximum absolute atomic E-state index is 10.8. The summed E-state index contributed by atoms with van der Waals surface area (Å²) in [6.45, 7) is 1.93. The summed E-state index contributed by atoms with van der Waals surface area (Å²) in [5.74, 6) is -0.340. The van der Waals surface area contributed by atoms with Crippen molar-refractivity contribution in [1.82, 2.24) is 15.0 Å². The fourth-order valence-electron chi connectivity index (χ4n) is 1.80. The Balaban J connectivity index is 1.90. The number of carboxylic acids is 1. The summed E-state index contributed by atoms with van der Waals surface area (Å²) in [5.41, 5.74) is 2.92. The van der Waals surface area contributed by atoms with Crippen LogP contribution in [0.2, 0.25) is 0 Å². The maximum atomic E-state index is 10.8. The van der Waals surface area contributed by atoms with Crippen LogP contribution < -0.4 is 0 Å². The average molecular weight is 297 g/mol. The van der Waals surface area contributed by atoms with E-state index >= 15 is 0 Å². The van der Waals surface area contributed by atoms with Gasteiger partial charge in [-0.2, -0.15) is 0 Å². The van der Waals surface area contributed by atoms with E-state index in [4.69, 9.17) is 5.11 Å². The van der Waals surface area contributed by atoms with Gasteiger partial charge in [-0.05, 0) is 24.6 Å². The quantitative estimate of drug-likeness (QED) is 0.803. The molecule has 1 aromatic carbocycles. The summed E-state index contributed by atoms with van der Waals surface area (Å²) in [5, 5.41) is 11.5. The average Bonchev–Trinajstić information content (AvgIpc) is 2.98. The van der Waals surface area contributed by atoms with E-state index in [9.17, 15) is 4.79 Å². The molecule has 3 rings (SSSR count). The normalized spacial score (nSPS) is 10.5. The Morgan fingerprint density at radius 1 is 1.14 bits per heavy atom. The number of aromatic carboxylic acids is 1. The second-order valence-electron chi connectivity index (χ2n) is 4.50.